The molecule has 1 aromatic rings. The number of rotatable bonds is 4. The van der Waals surface area contributed by atoms with Crippen molar-refractivity contribution in [3.8, 4) is 0 Å². The van der Waals surface area contributed by atoms with Crippen molar-refractivity contribution in [2.45, 2.75) is 19.3 Å². The van der Waals surface area contributed by atoms with Crippen LogP contribution in [-0.2, 0) is 14.3 Å². The van der Waals surface area contributed by atoms with Crippen molar-refractivity contribution < 1.29 is 23.5 Å². The molecule has 3 saturated heterocycles. The molecule has 8 nitrogen and oxygen atoms in total. The number of hydrogen-bond acceptors (Lipinski definition) is 7. The van der Waals surface area contributed by atoms with Crippen LogP contribution in [0, 0.1) is 0 Å². The van der Waals surface area contributed by atoms with Crippen molar-refractivity contribution in [3.63, 3.8) is 0 Å². The number of hydrogen-bond donors (Lipinski definition) is 0. The van der Waals surface area contributed by atoms with Gasteiger partial charge in [0, 0.05) is 38.3 Å². The zero-order chi connectivity index (χ0) is 19.5. The molecule has 0 N–H and O–H groups in total. The first-order chi connectivity index (χ1) is 13.6. The second-order valence-corrected chi connectivity index (χ2v) is 7.98. The molecule has 1 aromatic heterocycles. The molecule has 28 heavy (non-hydrogen) atoms. The SMILES string of the molecule is O=C(CN1C(=O)SC(=Cc2ccc(N3CCCCC3)o2)C1=O)N1CCOCC1. The molecule has 0 aliphatic carbocycles. The summed E-state index contributed by atoms with van der Waals surface area (Å²) in [4.78, 5) is 42.3. The van der Waals surface area contributed by atoms with Gasteiger partial charge in [0.15, 0.2) is 5.88 Å². The molecule has 3 aliphatic rings. The quantitative estimate of drug-likeness (QED) is 0.710. The Bertz CT molecular complexity index is 793. The summed E-state index contributed by atoms with van der Waals surface area (Å²) in [7, 11) is 0. The van der Waals surface area contributed by atoms with Crippen LogP contribution in [0.15, 0.2) is 21.5 Å². The van der Waals surface area contributed by atoms with E-state index >= 15 is 0 Å². The fraction of sp³-hybridized carbons (Fsp3) is 0.526. The van der Waals surface area contributed by atoms with Crippen LogP contribution in [0.3, 0.4) is 0 Å². The highest BCUT2D eigenvalue weighted by molar-refractivity contribution is 8.18. The summed E-state index contributed by atoms with van der Waals surface area (Å²) in [6, 6.07) is 3.69. The van der Waals surface area contributed by atoms with Gasteiger partial charge < -0.3 is 19.0 Å². The van der Waals surface area contributed by atoms with Gasteiger partial charge >= 0.3 is 0 Å². The predicted molar refractivity (Wildman–Crippen MR) is 105 cm³/mol. The number of ether oxygens (including phenoxy) is 1. The fourth-order valence-corrected chi connectivity index (χ4v) is 4.34. The Hall–Kier alpha value is -2.26. The lowest BCUT2D eigenvalue weighted by molar-refractivity contribution is -0.139. The molecular weight excluding hydrogens is 382 g/mol. The molecule has 0 saturated carbocycles. The zero-order valence-corrected chi connectivity index (χ0v) is 16.4. The lowest BCUT2D eigenvalue weighted by Gasteiger charge is -2.28. The average molecular weight is 405 g/mol. The minimum atomic E-state index is -0.451. The Labute approximate surface area is 167 Å². The van der Waals surface area contributed by atoms with Crippen molar-refractivity contribution in [2.24, 2.45) is 0 Å². The molecule has 0 bridgehead atoms. The molecular formula is C19H23N3O5S. The van der Waals surface area contributed by atoms with Gasteiger partial charge in [0.25, 0.3) is 11.1 Å². The van der Waals surface area contributed by atoms with Crippen molar-refractivity contribution in [1.29, 1.82) is 0 Å². The van der Waals surface area contributed by atoms with E-state index in [9.17, 15) is 14.4 Å². The fourth-order valence-electron chi connectivity index (χ4n) is 3.52. The highest BCUT2D eigenvalue weighted by Crippen LogP contribution is 2.33. The van der Waals surface area contributed by atoms with Gasteiger partial charge in [0.2, 0.25) is 5.91 Å². The first-order valence-electron chi connectivity index (χ1n) is 9.57. The topological polar surface area (TPSA) is 83.3 Å². The first-order valence-corrected chi connectivity index (χ1v) is 10.4. The van der Waals surface area contributed by atoms with E-state index in [1.165, 1.54) is 6.42 Å². The summed E-state index contributed by atoms with van der Waals surface area (Å²) in [5.74, 6) is 0.628. The summed E-state index contributed by atoms with van der Waals surface area (Å²) >= 11 is 0.840. The second-order valence-electron chi connectivity index (χ2n) is 6.98. The van der Waals surface area contributed by atoms with Gasteiger partial charge in [0.05, 0.1) is 18.1 Å². The van der Waals surface area contributed by atoms with Crippen molar-refractivity contribution in [1.82, 2.24) is 9.80 Å². The summed E-state index contributed by atoms with van der Waals surface area (Å²) < 4.78 is 11.1. The van der Waals surface area contributed by atoms with Gasteiger partial charge in [-0.2, -0.15) is 0 Å². The minimum absolute atomic E-state index is 0.237. The third-order valence-electron chi connectivity index (χ3n) is 5.08. The van der Waals surface area contributed by atoms with Gasteiger partial charge in [-0.3, -0.25) is 19.3 Å². The molecule has 0 atom stereocenters. The first kappa shape index (κ1) is 19.1. The lowest BCUT2D eigenvalue weighted by Crippen LogP contribution is -2.46. The molecule has 0 radical (unpaired) electrons. The zero-order valence-electron chi connectivity index (χ0n) is 15.6. The summed E-state index contributed by atoms with van der Waals surface area (Å²) in [5.41, 5.74) is 0. The maximum Gasteiger partial charge on any atom is 0.294 e. The summed E-state index contributed by atoms with van der Waals surface area (Å²) in [6.45, 7) is 3.61. The van der Waals surface area contributed by atoms with Crippen LogP contribution < -0.4 is 4.90 Å². The minimum Gasteiger partial charge on any atom is -0.441 e. The van der Waals surface area contributed by atoms with Gasteiger partial charge in [0.1, 0.15) is 12.3 Å². The molecule has 0 spiro atoms. The number of piperidine rings is 1. The summed E-state index contributed by atoms with van der Waals surface area (Å²) in [6.07, 6.45) is 5.11. The Balaban J connectivity index is 1.41. The van der Waals surface area contributed by atoms with Crippen molar-refractivity contribution in [2.75, 3.05) is 50.8 Å². The Morgan fingerprint density at radius 1 is 1.07 bits per heavy atom. The molecule has 4 rings (SSSR count). The molecule has 3 fully saturated rings. The van der Waals surface area contributed by atoms with E-state index in [4.69, 9.17) is 9.15 Å². The molecule has 4 heterocycles. The number of carbonyl (C=O) groups excluding carboxylic acids is 3. The average Bonchev–Trinajstić information content (AvgIpc) is 3.30. The molecule has 3 aliphatic heterocycles. The summed E-state index contributed by atoms with van der Waals surface area (Å²) in [5, 5.41) is -0.430. The number of thioether (sulfide) groups is 1. The molecule has 0 aromatic carbocycles. The normalized spacial score (nSPS) is 22.4. The molecule has 9 heteroatoms. The van der Waals surface area contributed by atoms with E-state index in [2.05, 4.69) is 4.90 Å². The lowest BCUT2D eigenvalue weighted by atomic mass is 10.1. The van der Waals surface area contributed by atoms with Crippen molar-refractivity contribution in [3.05, 3.63) is 22.8 Å². The third-order valence-corrected chi connectivity index (χ3v) is 5.99. The number of amides is 3. The van der Waals surface area contributed by atoms with E-state index < -0.39 is 11.1 Å². The standard InChI is InChI=1S/C19H23N3O5S/c23-16(20-8-10-26-11-9-20)13-22-18(24)15(28-19(22)25)12-14-4-5-17(27-14)21-6-2-1-3-7-21/h4-5,12H,1-3,6-11,13H2. The number of imide groups is 1. The Kier molecular flexibility index (Phi) is 5.72. The van der Waals surface area contributed by atoms with E-state index in [-0.39, 0.29) is 17.4 Å². The number of nitrogens with zero attached hydrogens (tertiary/aromatic N) is 3. The van der Waals surface area contributed by atoms with Crippen LogP contribution in [-0.4, -0.2) is 72.8 Å². The maximum absolute atomic E-state index is 12.6. The van der Waals surface area contributed by atoms with Crippen LogP contribution in [0.25, 0.3) is 6.08 Å². The largest absolute Gasteiger partial charge is 0.441 e. The van der Waals surface area contributed by atoms with E-state index in [0.717, 1.165) is 48.5 Å². The maximum atomic E-state index is 12.6. The monoisotopic (exact) mass is 405 g/mol. The third kappa shape index (κ3) is 4.10. The number of furan rings is 1. The van der Waals surface area contributed by atoms with Crippen LogP contribution in [0.2, 0.25) is 0 Å². The molecule has 3 amide bonds. The van der Waals surface area contributed by atoms with Crippen LogP contribution in [0.5, 0.6) is 0 Å². The Morgan fingerprint density at radius 3 is 2.57 bits per heavy atom. The van der Waals surface area contributed by atoms with E-state index in [0.29, 0.717) is 32.1 Å². The smallest absolute Gasteiger partial charge is 0.294 e. The van der Waals surface area contributed by atoms with Crippen LogP contribution >= 0.6 is 11.8 Å². The molecule has 0 unspecified atom stereocenters. The van der Waals surface area contributed by atoms with Crippen LogP contribution in [0.1, 0.15) is 25.0 Å². The molecule has 150 valence electrons. The van der Waals surface area contributed by atoms with Crippen molar-refractivity contribution >= 4 is 40.8 Å². The predicted octanol–water partition coefficient (Wildman–Crippen LogP) is 2.17. The van der Waals surface area contributed by atoms with Gasteiger partial charge in [-0.05, 0) is 37.1 Å². The van der Waals surface area contributed by atoms with Gasteiger partial charge in [-0.1, -0.05) is 0 Å². The van der Waals surface area contributed by atoms with E-state index in [1.807, 2.05) is 6.07 Å². The Morgan fingerprint density at radius 2 is 1.82 bits per heavy atom. The number of morpholine rings is 1. The second kappa shape index (κ2) is 8.40. The van der Waals surface area contributed by atoms with Gasteiger partial charge in [-0.15, -0.1) is 0 Å². The van der Waals surface area contributed by atoms with Gasteiger partial charge in [-0.25, -0.2) is 0 Å². The van der Waals surface area contributed by atoms with E-state index in [1.54, 1.807) is 17.0 Å². The number of anilines is 1. The highest BCUT2D eigenvalue weighted by atomic mass is 32.2. The van der Waals surface area contributed by atoms with Crippen LogP contribution in [0.4, 0.5) is 10.7 Å². The highest BCUT2D eigenvalue weighted by Gasteiger charge is 2.37. The number of carbonyl (C=O) groups is 3.